The third-order valence-corrected chi connectivity index (χ3v) is 5.64. The summed E-state index contributed by atoms with van der Waals surface area (Å²) in [5.41, 5.74) is -0.438. The van der Waals surface area contributed by atoms with Crippen LogP contribution in [0, 0.1) is 0 Å². The van der Waals surface area contributed by atoms with Gasteiger partial charge in [-0.05, 0) is 45.4 Å². The first kappa shape index (κ1) is 17.2. The van der Waals surface area contributed by atoms with Crippen molar-refractivity contribution in [3.63, 3.8) is 0 Å². The molecule has 0 amide bonds. The summed E-state index contributed by atoms with van der Waals surface area (Å²) in [5, 5.41) is 3.19. The molecule has 0 spiro atoms. The Kier molecular flexibility index (Phi) is 5.79. The Balaban J connectivity index is 2.88. The number of hydrogen-bond donors (Lipinski definition) is 1. The minimum atomic E-state index is -3.58. The van der Waals surface area contributed by atoms with E-state index < -0.39 is 15.6 Å². The molecular weight excluding hydrogens is 276 g/mol. The van der Waals surface area contributed by atoms with E-state index >= 15 is 0 Å². The lowest BCUT2D eigenvalue weighted by atomic mass is 10.0. The fraction of sp³-hybridized carbons (Fsp3) is 0.714. The van der Waals surface area contributed by atoms with Gasteiger partial charge in [-0.3, -0.25) is 0 Å². The van der Waals surface area contributed by atoms with Crippen LogP contribution in [0.3, 0.4) is 0 Å². The highest BCUT2D eigenvalue weighted by Gasteiger charge is 2.34. The first-order valence-electron chi connectivity index (χ1n) is 7.04. The molecular formula is C14H26N2O3S. The molecule has 0 saturated carbocycles. The van der Waals surface area contributed by atoms with Gasteiger partial charge in [-0.1, -0.05) is 13.8 Å². The lowest BCUT2D eigenvalue weighted by molar-refractivity contribution is 0.249. The summed E-state index contributed by atoms with van der Waals surface area (Å²) >= 11 is 0. The molecule has 0 saturated heterocycles. The second-order valence-corrected chi connectivity index (χ2v) is 7.44. The maximum atomic E-state index is 12.5. The molecule has 1 aromatic rings. The van der Waals surface area contributed by atoms with Crippen molar-refractivity contribution in [3.8, 4) is 0 Å². The van der Waals surface area contributed by atoms with E-state index in [0.717, 1.165) is 19.4 Å². The zero-order chi connectivity index (χ0) is 15.4. The zero-order valence-electron chi connectivity index (χ0n) is 13.1. The van der Waals surface area contributed by atoms with Gasteiger partial charge in [0.1, 0.15) is 5.76 Å². The molecule has 1 heterocycles. The van der Waals surface area contributed by atoms with Crippen molar-refractivity contribution in [1.29, 1.82) is 0 Å². The van der Waals surface area contributed by atoms with Gasteiger partial charge >= 0.3 is 0 Å². The van der Waals surface area contributed by atoms with Crippen LogP contribution < -0.4 is 5.32 Å². The van der Waals surface area contributed by atoms with Crippen LogP contribution in [0.15, 0.2) is 21.6 Å². The Bertz CT molecular complexity index is 520. The first-order chi connectivity index (χ1) is 9.25. The molecule has 0 fully saturated rings. The smallest absolute Gasteiger partial charge is 0.276 e. The van der Waals surface area contributed by atoms with Crippen molar-refractivity contribution in [2.24, 2.45) is 0 Å². The average Bonchev–Trinajstić information content (AvgIpc) is 2.87. The molecule has 0 aromatic carbocycles. The van der Waals surface area contributed by atoms with Crippen LogP contribution in [0.4, 0.5) is 0 Å². The summed E-state index contributed by atoms with van der Waals surface area (Å²) < 4.78 is 31.8. The van der Waals surface area contributed by atoms with Crippen LogP contribution in [0.1, 0.15) is 46.3 Å². The van der Waals surface area contributed by atoms with Crippen LogP contribution in [-0.4, -0.2) is 31.9 Å². The lowest BCUT2D eigenvalue weighted by Gasteiger charge is -2.32. The molecule has 0 bridgehead atoms. The van der Waals surface area contributed by atoms with Crippen LogP contribution in [0.25, 0.3) is 0 Å². The molecule has 0 radical (unpaired) electrons. The van der Waals surface area contributed by atoms with Gasteiger partial charge in [0.25, 0.3) is 10.0 Å². The molecule has 0 aliphatic carbocycles. The van der Waals surface area contributed by atoms with Gasteiger partial charge in [0, 0.05) is 12.6 Å². The minimum Gasteiger partial charge on any atom is -0.447 e. The van der Waals surface area contributed by atoms with E-state index in [1.807, 2.05) is 20.8 Å². The zero-order valence-corrected chi connectivity index (χ0v) is 13.9. The molecule has 1 aromatic heterocycles. The van der Waals surface area contributed by atoms with Crippen molar-refractivity contribution in [2.45, 2.75) is 57.7 Å². The monoisotopic (exact) mass is 302 g/mol. The van der Waals surface area contributed by atoms with Crippen molar-refractivity contribution in [1.82, 2.24) is 9.62 Å². The fourth-order valence-electron chi connectivity index (χ4n) is 1.66. The second-order valence-electron chi connectivity index (χ2n) is 5.54. The number of rotatable bonds is 8. The van der Waals surface area contributed by atoms with E-state index in [1.54, 1.807) is 13.1 Å². The van der Waals surface area contributed by atoms with Gasteiger partial charge < -0.3 is 9.73 Å². The molecule has 0 atom stereocenters. The number of sulfonamides is 1. The first-order valence-corrected chi connectivity index (χ1v) is 8.48. The topological polar surface area (TPSA) is 62.6 Å². The Morgan fingerprint density at radius 2 is 1.95 bits per heavy atom. The highest BCUT2D eigenvalue weighted by atomic mass is 32.2. The fourth-order valence-corrected chi connectivity index (χ4v) is 3.17. The SMILES string of the molecule is CCCNCc1ccc(S(=O)(=O)N(C)C(C)(C)CC)o1. The van der Waals surface area contributed by atoms with Gasteiger partial charge in [0.15, 0.2) is 0 Å². The van der Waals surface area contributed by atoms with Gasteiger partial charge in [0.05, 0.1) is 6.54 Å². The van der Waals surface area contributed by atoms with E-state index in [1.165, 1.54) is 10.4 Å². The second kappa shape index (κ2) is 6.74. The average molecular weight is 302 g/mol. The molecule has 0 unspecified atom stereocenters. The largest absolute Gasteiger partial charge is 0.447 e. The molecule has 6 heteroatoms. The maximum absolute atomic E-state index is 12.5. The van der Waals surface area contributed by atoms with Crippen molar-refractivity contribution in [3.05, 3.63) is 17.9 Å². The van der Waals surface area contributed by atoms with Crippen LogP contribution in [-0.2, 0) is 16.6 Å². The van der Waals surface area contributed by atoms with E-state index in [2.05, 4.69) is 12.2 Å². The summed E-state index contributed by atoms with van der Waals surface area (Å²) in [6.45, 7) is 9.27. The Hall–Kier alpha value is -0.850. The van der Waals surface area contributed by atoms with E-state index in [-0.39, 0.29) is 5.09 Å². The quantitative estimate of drug-likeness (QED) is 0.750. The molecule has 5 nitrogen and oxygen atoms in total. The number of nitrogens with zero attached hydrogens (tertiary/aromatic N) is 1. The molecule has 0 aliphatic heterocycles. The highest BCUT2D eigenvalue weighted by molar-refractivity contribution is 7.89. The molecule has 1 N–H and O–H groups in total. The summed E-state index contributed by atoms with van der Waals surface area (Å²) in [7, 11) is -1.99. The van der Waals surface area contributed by atoms with Gasteiger partial charge in [-0.15, -0.1) is 0 Å². The predicted molar refractivity (Wildman–Crippen MR) is 80.0 cm³/mol. The molecule has 0 aliphatic rings. The summed E-state index contributed by atoms with van der Waals surface area (Å²) in [6, 6.07) is 3.24. The number of furan rings is 1. The maximum Gasteiger partial charge on any atom is 0.276 e. The van der Waals surface area contributed by atoms with Crippen LogP contribution in [0.5, 0.6) is 0 Å². The van der Waals surface area contributed by atoms with Crippen molar-refractivity contribution in [2.75, 3.05) is 13.6 Å². The van der Waals surface area contributed by atoms with Crippen LogP contribution >= 0.6 is 0 Å². The standard InChI is InChI=1S/C14H26N2O3S/c1-6-10-15-11-12-8-9-13(19-12)20(17,18)16(5)14(3,4)7-2/h8-9,15H,6-7,10-11H2,1-5H3. The van der Waals surface area contributed by atoms with E-state index in [4.69, 9.17) is 4.42 Å². The van der Waals surface area contributed by atoms with Crippen LogP contribution in [0.2, 0.25) is 0 Å². The Labute approximate surface area is 122 Å². The Morgan fingerprint density at radius 1 is 1.30 bits per heavy atom. The van der Waals surface area contributed by atoms with Gasteiger partial charge in [-0.25, -0.2) is 8.42 Å². The normalized spacial score (nSPS) is 13.1. The van der Waals surface area contributed by atoms with Crippen molar-refractivity contribution >= 4 is 10.0 Å². The number of hydrogen-bond acceptors (Lipinski definition) is 4. The summed E-state index contributed by atoms with van der Waals surface area (Å²) in [5.74, 6) is 0.639. The minimum absolute atomic E-state index is 0.00910. The van der Waals surface area contributed by atoms with Gasteiger partial charge in [0.2, 0.25) is 5.09 Å². The summed E-state index contributed by atoms with van der Waals surface area (Å²) in [6.07, 6.45) is 1.76. The number of nitrogens with one attached hydrogen (secondary N) is 1. The van der Waals surface area contributed by atoms with E-state index in [9.17, 15) is 8.42 Å². The highest BCUT2D eigenvalue weighted by Crippen LogP contribution is 2.26. The van der Waals surface area contributed by atoms with Gasteiger partial charge in [-0.2, -0.15) is 4.31 Å². The predicted octanol–water partition coefficient (Wildman–Crippen LogP) is 2.59. The third kappa shape index (κ3) is 3.84. The lowest BCUT2D eigenvalue weighted by Crippen LogP contribution is -2.44. The molecule has 116 valence electrons. The Morgan fingerprint density at radius 3 is 2.50 bits per heavy atom. The van der Waals surface area contributed by atoms with E-state index in [0.29, 0.717) is 12.3 Å². The molecule has 1 rings (SSSR count). The summed E-state index contributed by atoms with van der Waals surface area (Å²) in [4.78, 5) is 0. The molecule has 20 heavy (non-hydrogen) atoms. The third-order valence-electron chi connectivity index (χ3n) is 3.70. The van der Waals surface area contributed by atoms with Crippen molar-refractivity contribution < 1.29 is 12.8 Å².